The third-order valence-corrected chi connectivity index (χ3v) is 4.57. The summed E-state index contributed by atoms with van der Waals surface area (Å²) < 4.78 is 3.61. The quantitative estimate of drug-likeness (QED) is 0.552. The lowest BCUT2D eigenvalue weighted by Gasteiger charge is -2.17. The molecule has 2 aromatic carbocycles. The van der Waals surface area contributed by atoms with E-state index in [0.29, 0.717) is 13.1 Å². The van der Waals surface area contributed by atoms with Gasteiger partial charge in [0.15, 0.2) is 0 Å². The number of nitrogens with one attached hydrogen (secondary N) is 1. The van der Waals surface area contributed by atoms with Crippen molar-refractivity contribution in [3.8, 4) is 11.4 Å². The Balaban J connectivity index is 1.30. The number of carbonyl (C=O) groups is 1. The Bertz CT molecular complexity index is 1050. The molecule has 0 unspecified atom stereocenters. The fraction of sp³-hybridized carbons (Fsp3) is 0.136. The monoisotopic (exact) mass is 386 g/mol. The van der Waals surface area contributed by atoms with Crippen LogP contribution in [0.5, 0.6) is 0 Å². The first-order valence-corrected chi connectivity index (χ1v) is 9.36. The van der Waals surface area contributed by atoms with E-state index in [2.05, 4.69) is 15.5 Å². The molecule has 29 heavy (non-hydrogen) atoms. The molecule has 1 N–H and O–H groups in total. The first-order chi connectivity index (χ1) is 14.2. The summed E-state index contributed by atoms with van der Waals surface area (Å²) in [7, 11) is 1.77. The summed E-state index contributed by atoms with van der Waals surface area (Å²) in [6.07, 6.45) is 7.36. The van der Waals surface area contributed by atoms with E-state index in [-0.39, 0.29) is 6.03 Å². The van der Waals surface area contributed by atoms with Crippen molar-refractivity contribution in [2.45, 2.75) is 13.1 Å². The summed E-state index contributed by atoms with van der Waals surface area (Å²) >= 11 is 0. The third kappa shape index (κ3) is 4.52. The van der Waals surface area contributed by atoms with Crippen LogP contribution in [-0.2, 0) is 13.1 Å². The zero-order valence-corrected chi connectivity index (χ0v) is 16.1. The molecule has 0 fully saturated rings. The number of aromatic nitrogens is 4. The molecule has 0 atom stereocenters. The number of para-hydroxylation sites is 1. The molecule has 0 saturated carbocycles. The number of nitrogens with zero attached hydrogens (tertiary/aromatic N) is 5. The van der Waals surface area contributed by atoms with Crippen LogP contribution in [0.3, 0.4) is 0 Å². The van der Waals surface area contributed by atoms with Gasteiger partial charge in [0.05, 0.1) is 24.1 Å². The van der Waals surface area contributed by atoms with Gasteiger partial charge in [0.2, 0.25) is 0 Å². The Morgan fingerprint density at radius 3 is 2.41 bits per heavy atom. The van der Waals surface area contributed by atoms with E-state index >= 15 is 0 Å². The Labute approximate surface area is 169 Å². The van der Waals surface area contributed by atoms with Gasteiger partial charge in [-0.25, -0.2) is 14.2 Å². The molecule has 0 saturated heterocycles. The van der Waals surface area contributed by atoms with Gasteiger partial charge in [-0.2, -0.15) is 10.2 Å². The van der Waals surface area contributed by atoms with Crippen LogP contribution in [0.25, 0.3) is 11.4 Å². The lowest BCUT2D eigenvalue weighted by atomic mass is 10.2. The highest BCUT2D eigenvalue weighted by molar-refractivity contribution is 5.73. The van der Waals surface area contributed by atoms with Gasteiger partial charge >= 0.3 is 6.03 Å². The molecular formula is C22H22N6O. The largest absolute Gasteiger partial charge is 0.334 e. The van der Waals surface area contributed by atoms with Crippen molar-refractivity contribution in [1.82, 2.24) is 29.8 Å². The van der Waals surface area contributed by atoms with E-state index in [9.17, 15) is 4.79 Å². The van der Waals surface area contributed by atoms with E-state index in [4.69, 9.17) is 0 Å². The van der Waals surface area contributed by atoms with Crippen molar-refractivity contribution in [2.75, 3.05) is 7.05 Å². The molecule has 146 valence electrons. The van der Waals surface area contributed by atoms with Crippen molar-refractivity contribution < 1.29 is 4.79 Å². The van der Waals surface area contributed by atoms with Crippen LogP contribution in [0.4, 0.5) is 4.79 Å². The van der Waals surface area contributed by atoms with Crippen LogP contribution >= 0.6 is 0 Å². The first kappa shape index (κ1) is 18.5. The van der Waals surface area contributed by atoms with Crippen molar-refractivity contribution in [2.24, 2.45) is 0 Å². The summed E-state index contributed by atoms with van der Waals surface area (Å²) in [5.41, 5.74) is 3.97. The fourth-order valence-electron chi connectivity index (χ4n) is 3.01. The standard InChI is InChI=1S/C22H22N6O/c1-26(16-19-15-25-28(17-19)20-6-3-2-4-7-20)22(29)23-14-18-8-10-21(11-9-18)27-13-5-12-24-27/h2-13,15,17H,14,16H2,1H3,(H,23,29). The van der Waals surface area contributed by atoms with E-state index in [1.807, 2.05) is 77.7 Å². The zero-order valence-electron chi connectivity index (χ0n) is 16.1. The number of hydrogen-bond donors (Lipinski definition) is 1. The van der Waals surface area contributed by atoms with Gasteiger partial charge in [0, 0.05) is 37.7 Å². The average Bonchev–Trinajstić information content (AvgIpc) is 3.45. The molecule has 0 spiro atoms. The predicted octanol–water partition coefficient (Wildman–Crippen LogP) is 3.40. The molecule has 0 aliphatic heterocycles. The molecule has 0 aliphatic rings. The second kappa shape index (κ2) is 8.43. The van der Waals surface area contributed by atoms with Crippen molar-refractivity contribution in [3.05, 3.63) is 96.6 Å². The number of rotatable bonds is 6. The highest BCUT2D eigenvalue weighted by Crippen LogP contribution is 2.10. The second-order valence-corrected chi connectivity index (χ2v) is 6.76. The van der Waals surface area contributed by atoms with Gasteiger partial charge in [-0.15, -0.1) is 0 Å². The molecule has 7 nitrogen and oxygen atoms in total. The minimum atomic E-state index is -0.131. The normalized spacial score (nSPS) is 10.7. The summed E-state index contributed by atoms with van der Waals surface area (Å²) in [4.78, 5) is 14.1. The molecule has 4 aromatic rings. The van der Waals surface area contributed by atoms with E-state index in [0.717, 1.165) is 22.5 Å². The molecular weight excluding hydrogens is 364 g/mol. The predicted molar refractivity (Wildman–Crippen MR) is 111 cm³/mol. The Hall–Kier alpha value is -3.87. The number of benzene rings is 2. The van der Waals surface area contributed by atoms with Crippen molar-refractivity contribution >= 4 is 6.03 Å². The van der Waals surface area contributed by atoms with E-state index in [1.165, 1.54) is 0 Å². The van der Waals surface area contributed by atoms with Gasteiger partial charge in [0.25, 0.3) is 0 Å². The summed E-state index contributed by atoms with van der Waals surface area (Å²) in [6.45, 7) is 0.947. The first-order valence-electron chi connectivity index (χ1n) is 9.36. The van der Waals surface area contributed by atoms with Gasteiger partial charge in [-0.1, -0.05) is 30.3 Å². The summed E-state index contributed by atoms with van der Waals surface area (Å²) in [6, 6.07) is 19.6. The molecule has 0 aliphatic carbocycles. The van der Waals surface area contributed by atoms with Gasteiger partial charge in [-0.3, -0.25) is 0 Å². The van der Waals surface area contributed by atoms with Crippen LogP contribution in [0.15, 0.2) is 85.5 Å². The Morgan fingerprint density at radius 2 is 1.69 bits per heavy atom. The maximum Gasteiger partial charge on any atom is 0.317 e. The van der Waals surface area contributed by atoms with Gasteiger partial charge in [-0.05, 0) is 35.9 Å². The Kier molecular flexibility index (Phi) is 5.38. The third-order valence-electron chi connectivity index (χ3n) is 4.57. The topological polar surface area (TPSA) is 68.0 Å². The molecule has 4 rings (SSSR count). The number of carbonyl (C=O) groups excluding carboxylic acids is 1. The van der Waals surface area contributed by atoms with Crippen molar-refractivity contribution in [3.63, 3.8) is 0 Å². The van der Waals surface area contributed by atoms with Crippen LogP contribution in [-0.4, -0.2) is 37.5 Å². The molecule has 2 amide bonds. The molecule has 2 heterocycles. The van der Waals surface area contributed by atoms with Crippen LogP contribution < -0.4 is 5.32 Å². The minimum Gasteiger partial charge on any atom is -0.334 e. The lowest BCUT2D eigenvalue weighted by Crippen LogP contribution is -2.36. The van der Waals surface area contributed by atoms with E-state index < -0.39 is 0 Å². The molecule has 2 aromatic heterocycles. The number of hydrogen-bond acceptors (Lipinski definition) is 3. The maximum absolute atomic E-state index is 12.4. The number of urea groups is 1. The zero-order chi connectivity index (χ0) is 20.1. The second-order valence-electron chi connectivity index (χ2n) is 6.76. The molecule has 7 heteroatoms. The lowest BCUT2D eigenvalue weighted by molar-refractivity contribution is 0.206. The van der Waals surface area contributed by atoms with Gasteiger partial charge in [0.1, 0.15) is 0 Å². The smallest absolute Gasteiger partial charge is 0.317 e. The minimum absolute atomic E-state index is 0.131. The van der Waals surface area contributed by atoms with Crippen LogP contribution in [0.1, 0.15) is 11.1 Å². The highest BCUT2D eigenvalue weighted by atomic mass is 16.2. The SMILES string of the molecule is CN(Cc1cnn(-c2ccccc2)c1)C(=O)NCc1ccc(-n2cccn2)cc1. The fourth-order valence-corrected chi connectivity index (χ4v) is 3.01. The Morgan fingerprint density at radius 1 is 0.931 bits per heavy atom. The van der Waals surface area contributed by atoms with Crippen molar-refractivity contribution in [1.29, 1.82) is 0 Å². The van der Waals surface area contributed by atoms with Crippen LogP contribution in [0, 0.1) is 0 Å². The summed E-state index contributed by atoms with van der Waals surface area (Å²) in [5, 5.41) is 11.5. The van der Waals surface area contributed by atoms with Gasteiger partial charge < -0.3 is 10.2 Å². The number of amides is 2. The summed E-state index contributed by atoms with van der Waals surface area (Å²) in [5.74, 6) is 0. The molecule has 0 bridgehead atoms. The van der Waals surface area contributed by atoms with Crippen LogP contribution in [0.2, 0.25) is 0 Å². The van der Waals surface area contributed by atoms with E-state index in [1.54, 1.807) is 29.0 Å². The highest BCUT2D eigenvalue weighted by Gasteiger charge is 2.10. The molecule has 0 radical (unpaired) electrons. The average molecular weight is 386 g/mol. The maximum atomic E-state index is 12.4.